The fourth-order valence-electron chi connectivity index (χ4n) is 1.99. The number of nitrogens with two attached hydrogens (primary N) is 1. The highest BCUT2D eigenvalue weighted by Gasteiger charge is 2.32. The van der Waals surface area contributed by atoms with Crippen LogP contribution >= 0.6 is 15.9 Å². The van der Waals surface area contributed by atoms with Gasteiger partial charge in [-0.15, -0.1) is 0 Å². The summed E-state index contributed by atoms with van der Waals surface area (Å²) in [6.45, 7) is -0.0566. The van der Waals surface area contributed by atoms with Crippen LogP contribution < -0.4 is 5.14 Å². The fraction of sp³-hybridized carbons (Fsp3) is 0.400. The van der Waals surface area contributed by atoms with Crippen LogP contribution in [0.2, 0.25) is 0 Å². The number of hydrogen-bond acceptors (Lipinski definition) is 4. The van der Waals surface area contributed by atoms with Crippen molar-refractivity contribution in [2.24, 2.45) is 5.14 Å². The molecule has 0 unspecified atom stereocenters. The van der Waals surface area contributed by atoms with Gasteiger partial charge in [0.1, 0.15) is 5.82 Å². The summed E-state index contributed by atoms with van der Waals surface area (Å²) in [6.07, 6.45) is 0. The van der Waals surface area contributed by atoms with E-state index in [-0.39, 0.29) is 35.5 Å². The van der Waals surface area contributed by atoms with Crippen LogP contribution in [0.25, 0.3) is 0 Å². The Bertz CT molecular complexity index is 746. The van der Waals surface area contributed by atoms with Crippen LogP contribution in [0.3, 0.4) is 0 Å². The van der Waals surface area contributed by atoms with E-state index >= 15 is 0 Å². The molecule has 0 radical (unpaired) electrons. The monoisotopic (exact) mass is 401 g/mol. The van der Waals surface area contributed by atoms with Gasteiger partial charge >= 0.3 is 0 Å². The molecule has 7 nitrogen and oxygen atoms in total. The molecule has 1 heterocycles. The maximum absolute atomic E-state index is 13.0. The molecule has 0 spiro atoms. The molecule has 0 atom stereocenters. The van der Waals surface area contributed by atoms with Crippen LogP contribution in [-0.2, 0) is 20.2 Å². The van der Waals surface area contributed by atoms with Gasteiger partial charge in [-0.2, -0.15) is 17.0 Å². The largest absolute Gasteiger partial charge is 0.276 e. The maximum Gasteiger partial charge on any atom is 0.276 e. The summed E-state index contributed by atoms with van der Waals surface area (Å²) in [4.78, 5) is -0.0621. The predicted octanol–water partition coefficient (Wildman–Crippen LogP) is 0.0980. The first kappa shape index (κ1) is 16.8. The van der Waals surface area contributed by atoms with Crippen molar-refractivity contribution in [3.63, 3.8) is 0 Å². The second kappa shape index (κ2) is 5.89. The number of benzene rings is 1. The summed E-state index contributed by atoms with van der Waals surface area (Å²) in [7, 11) is -7.64. The SMILES string of the molecule is NS(=O)(=O)N1CCN(S(=O)(=O)c2ccc(F)cc2Br)CC1. The molecule has 118 valence electrons. The smallest absolute Gasteiger partial charge is 0.216 e. The van der Waals surface area contributed by atoms with E-state index in [1.807, 2.05) is 0 Å². The molecular formula is C10H13BrFN3O4S2. The van der Waals surface area contributed by atoms with Crippen molar-refractivity contribution in [2.75, 3.05) is 26.2 Å². The van der Waals surface area contributed by atoms with Crippen molar-refractivity contribution in [3.8, 4) is 0 Å². The molecule has 0 saturated carbocycles. The molecule has 0 aliphatic carbocycles. The van der Waals surface area contributed by atoms with Gasteiger partial charge < -0.3 is 0 Å². The minimum absolute atomic E-state index is 0.0113. The molecule has 0 bridgehead atoms. The van der Waals surface area contributed by atoms with Crippen LogP contribution in [0.1, 0.15) is 0 Å². The molecule has 1 aromatic rings. The zero-order valence-electron chi connectivity index (χ0n) is 10.7. The van der Waals surface area contributed by atoms with E-state index in [2.05, 4.69) is 15.9 Å². The first-order chi connectivity index (χ1) is 9.62. The molecule has 0 amide bonds. The Labute approximate surface area is 130 Å². The molecule has 1 aliphatic heterocycles. The topological polar surface area (TPSA) is 101 Å². The Kier molecular flexibility index (Phi) is 4.71. The Hall–Kier alpha value is -0.590. The molecular weight excluding hydrogens is 389 g/mol. The first-order valence-electron chi connectivity index (χ1n) is 5.85. The number of piperazine rings is 1. The zero-order valence-corrected chi connectivity index (χ0v) is 14.0. The minimum atomic E-state index is -3.82. The average Bonchev–Trinajstić information content (AvgIpc) is 2.37. The third kappa shape index (κ3) is 3.60. The predicted molar refractivity (Wildman–Crippen MR) is 77.5 cm³/mol. The van der Waals surface area contributed by atoms with Crippen molar-refractivity contribution in [2.45, 2.75) is 4.90 Å². The van der Waals surface area contributed by atoms with Gasteiger partial charge in [-0.3, -0.25) is 0 Å². The van der Waals surface area contributed by atoms with Gasteiger partial charge in [0.2, 0.25) is 10.0 Å². The third-order valence-electron chi connectivity index (χ3n) is 3.07. The standard InChI is InChI=1S/C10H13BrFN3O4S2/c11-9-7-8(12)1-2-10(9)20(16,17)14-3-5-15(6-4-14)21(13,18)19/h1-2,7H,3-6H2,(H2,13,18,19). The van der Waals surface area contributed by atoms with Gasteiger partial charge in [0.15, 0.2) is 0 Å². The number of rotatable bonds is 3. The number of hydrogen-bond donors (Lipinski definition) is 1. The Morgan fingerprint density at radius 2 is 1.57 bits per heavy atom. The van der Waals surface area contributed by atoms with Crippen LogP contribution in [0.4, 0.5) is 4.39 Å². The number of halogens is 2. The van der Waals surface area contributed by atoms with Crippen LogP contribution in [0.15, 0.2) is 27.6 Å². The lowest BCUT2D eigenvalue weighted by Crippen LogP contribution is -2.52. The van der Waals surface area contributed by atoms with Gasteiger partial charge in [-0.25, -0.2) is 17.9 Å². The number of nitrogens with zero attached hydrogens (tertiary/aromatic N) is 2. The van der Waals surface area contributed by atoms with Gasteiger partial charge in [0.05, 0.1) is 4.90 Å². The highest BCUT2D eigenvalue weighted by molar-refractivity contribution is 9.10. The highest BCUT2D eigenvalue weighted by atomic mass is 79.9. The van der Waals surface area contributed by atoms with Crippen LogP contribution in [-0.4, -0.2) is 51.6 Å². The lowest BCUT2D eigenvalue weighted by Gasteiger charge is -2.32. The minimum Gasteiger partial charge on any atom is -0.216 e. The maximum atomic E-state index is 13.0. The molecule has 2 N–H and O–H groups in total. The van der Waals surface area contributed by atoms with Gasteiger partial charge in [0.25, 0.3) is 10.2 Å². The summed E-state index contributed by atoms with van der Waals surface area (Å²) in [6, 6.07) is 3.28. The Morgan fingerprint density at radius 1 is 1.05 bits per heavy atom. The molecule has 1 fully saturated rings. The van der Waals surface area contributed by atoms with Crippen molar-refractivity contribution in [1.29, 1.82) is 0 Å². The molecule has 1 aromatic carbocycles. The Morgan fingerprint density at radius 3 is 2.05 bits per heavy atom. The van der Waals surface area contributed by atoms with Crippen LogP contribution in [0.5, 0.6) is 0 Å². The lowest BCUT2D eigenvalue weighted by molar-refractivity contribution is 0.273. The summed E-state index contributed by atoms with van der Waals surface area (Å²) in [5, 5.41) is 5.00. The summed E-state index contributed by atoms with van der Waals surface area (Å²) in [5.41, 5.74) is 0. The fourth-order valence-corrected chi connectivity index (χ4v) is 5.09. The van der Waals surface area contributed by atoms with E-state index in [1.54, 1.807) is 0 Å². The van der Waals surface area contributed by atoms with E-state index in [0.717, 1.165) is 20.7 Å². The van der Waals surface area contributed by atoms with Crippen LogP contribution in [0, 0.1) is 5.82 Å². The quantitative estimate of drug-likeness (QED) is 0.775. The van der Waals surface area contributed by atoms with Gasteiger partial charge in [0, 0.05) is 30.7 Å². The summed E-state index contributed by atoms with van der Waals surface area (Å²) >= 11 is 3.02. The third-order valence-corrected chi connectivity index (χ3v) is 7.03. The molecule has 1 saturated heterocycles. The normalized spacial score (nSPS) is 18.8. The summed E-state index contributed by atoms with van der Waals surface area (Å²) < 4.78 is 62.6. The number of sulfonamides is 1. The lowest BCUT2D eigenvalue weighted by atomic mass is 10.3. The molecule has 1 aliphatic rings. The second-order valence-corrected chi connectivity index (χ2v) is 8.73. The first-order valence-corrected chi connectivity index (χ1v) is 9.59. The van der Waals surface area contributed by atoms with Gasteiger partial charge in [-0.05, 0) is 34.1 Å². The Balaban J connectivity index is 2.23. The van der Waals surface area contributed by atoms with Crippen molar-refractivity contribution < 1.29 is 21.2 Å². The highest BCUT2D eigenvalue weighted by Crippen LogP contribution is 2.26. The molecule has 11 heteroatoms. The zero-order chi connectivity index (χ0) is 15.8. The van der Waals surface area contributed by atoms with Crippen molar-refractivity contribution in [1.82, 2.24) is 8.61 Å². The van der Waals surface area contributed by atoms with E-state index in [4.69, 9.17) is 5.14 Å². The van der Waals surface area contributed by atoms with E-state index in [0.29, 0.717) is 0 Å². The van der Waals surface area contributed by atoms with E-state index in [1.165, 1.54) is 6.07 Å². The van der Waals surface area contributed by atoms with E-state index < -0.39 is 26.0 Å². The molecule has 0 aromatic heterocycles. The van der Waals surface area contributed by atoms with Crippen molar-refractivity contribution in [3.05, 3.63) is 28.5 Å². The molecule has 2 rings (SSSR count). The second-order valence-electron chi connectivity index (χ2n) is 4.42. The van der Waals surface area contributed by atoms with E-state index in [9.17, 15) is 21.2 Å². The molecule has 21 heavy (non-hydrogen) atoms. The average molecular weight is 402 g/mol. The summed E-state index contributed by atoms with van der Waals surface area (Å²) in [5.74, 6) is -0.556. The van der Waals surface area contributed by atoms with Crippen molar-refractivity contribution >= 4 is 36.2 Å². The van der Waals surface area contributed by atoms with Gasteiger partial charge in [-0.1, -0.05) is 0 Å².